The topological polar surface area (TPSA) is 87.6 Å². The number of hydrogen-bond acceptors (Lipinski definition) is 8. The molecule has 0 atom stereocenters. The SMILES string of the molecule is Clc1ccccc1C=NNc1nc(Nc2cccc(Br)c2)nc(N2CCOCC2)n1. The highest BCUT2D eigenvalue weighted by Gasteiger charge is 2.16. The lowest BCUT2D eigenvalue weighted by Gasteiger charge is -2.27. The van der Waals surface area contributed by atoms with E-state index in [0.29, 0.717) is 49.2 Å². The summed E-state index contributed by atoms with van der Waals surface area (Å²) in [6, 6.07) is 15.2. The van der Waals surface area contributed by atoms with E-state index in [0.717, 1.165) is 15.7 Å². The van der Waals surface area contributed by atoms with Gasteiger partial charge in [-0.2, -0.15) is 20.1 Å². The number of anilines is 4. The molecule has 0 spiro atoms. The molecule has 1 aromatic heterocycles. The van der Waals surface area contributed by atoms with Crippen molar-refractivity contribution in [3.8, 4) is 0 Å². The molecule has 1 aliphatic heterocycles. The van der Waals surface area contributed by atoms with Gasteiger partial charge in [0.1, 0.15) is 0 Å². The minimum atomic E-state index is 0.326. The minimum absolute atomic E-state index is 0.326. The molecular formula is C20H19BrClN7O. The van der Waals surface area contributed by atoms with Gasteiger partial charge >= 0.3 is 0 Å². The van der Waals surface area contributed by atoms with Gasteiger partial charge in [0.15, 0.2) is 0 Å². The Labute approximate surface area is 187 Å². The third-order valence-corrected chi connectivity index (χ3v) is 5.11. The number of nitrogens with zero attached hydrogens (tertiary/aromatic N) is 5. The average Bonchev–Trinajstić information content (AvgIpc) is 2.76. The third-order valence-electron chi connectivity index (χ3n) is 4.27. The minimum Gasteiger partial charge on any atom is -0.378 e. The molecule has 0 unspecified atom stereocenters. The lowest BCUT2D eigenvalue weighted by Crippen LogP contribution is -2.37. The van der Waals surface area contributed by atoms with E-state index in [4.69, 9.17) is 16.3 Å². The highest BCUT2D eigenvalue weighted by atomic mass is 79.9. The first kappa shape index (κ1) is 20.5. The summed E-state index contributed by atoms with van der Waals surface area (Å²) in [7, 11) is 0. The summed E-state index contributed by atoms with van der Waals surface area (Å²) < 4.78 is 6.39. The summed E-state index contributed by atoms with van der Waals surface area (Å²) in [6.07, 6.45) is 1.63. The first-order valence-corrected chi connectivity index (χ1v) is 10.5. The molecule has 10 heteroatoms. The van der Waals surface area contributed by atoms with Gasteiger partial charge in [0.2, 0.25) is 17.8 Å². The molecule has 0 bridgehead atoms. The van der Waals surface area contributed by atoms with E-state index in [1.54, 1.807) is 6.21 Å². The van der Waals surface area contributed by atoms with Crippen LogP contribution in [0.5, 0.6) is 0 Å². The maximum absolute atomic E-state index is 6.17. The van der Waals surface area contributed by atoms with E-state index in [9.17, 15) is 0 Å². The van der Waals surface area contributed by atoms with Crippen LogP contribution in [0.15, 0.2) is 58.1 Å². The quantitative estimate of drug-likeness (QED) is 0.395. The van der Waals surface area contributed by atoms with Crippen molar-refractivity contribution in [2.24, 2.45) is 5.10 Å². The summed E-state index contributed by atoms with van der Waals surface area (Å²) in [4.78, 5) is 15.6. The fourth-order valence-corrected chi connectivity index (χ4v) is 3.39. The van der Waals surface area contributed by atoms with Crippen LogP contribution in [0.25, 0.3) is 0 Å². The molecule has 0 saturated carbocycles. The van der Waals surface area contributed by atoms with Gasteiger partial charge < -0.3 is 15.0 Å². The van der Waals surface area contributed by atoms with Crippen molar-refractivity contribution in [2.45, 2.75) is 0 Å². The predicted octanol–water partition coefficient (Wildman–Crippen LogP) is 4.31. The molecule has 1 fully saturated rings. The first-order chi connectivity index (χ1) is 14.7. The Morgan fingerprint density at radius 1 is 1.03 bits per heavy atom. The van der Waals surface area contributed by atoms with Crippen LogP contribution in [0.1, 0.15) is 5.56 Å². The summed E-state index contributed by atoms with van der Waals surface area (Å²) in [5, 5.41) is 8.06. The predicted molar refractivity (Wildman–Crippen MR) is 123 cm³/mol. The van der Waals surface area contributed by atoms with Gasteiger partial charge in [-0.1, -0.05) is 51.8 Å². The van der Waals surface area contributed by atoms with Crippen molar-refractivity contribution in [2.75, 3.05) is 41.9 Å². The highest BCUT2D eigenvalue weighted by Crippen LogP contribution is 2.21. The number of hydrazone groups is 1. The molecule has 2 heterocycles. The average molecular weight is 489 g/mol. The largest absolute Gasteiger partial charge is 0.378 e. The first-order valence-electron chi connectivity index (χ1n) is 9.32. The van der Waals surface area contributed by atoms with Gasteiger partial charge in [-0.25, -0.2) is 5.43 Å². The Morgan fingerprint density at radius 3 is 2.63 bits per heavy atom. The highest BCUT2D eigenvalue weighted by molar-refractivity contribution is 9.10. The molecule has 1 aliphatic rings. The number of rotatable bonds is 6. The van der Waals surface area contributed by atoms with Crippen molar-refractivity contribution in [1.29, 1.82) is 0 Å². The molecular weight excluding hydrogens is 470 g/mol. The Bertz CT molecular complexity index is 1040. The number of nitrogens with one attached hydrogen (secondary N) is 2. The number of hydrogen-bond donors (Lipinski definition) is 2. The number of ether oxygens (including phenoxy) is 1. The van der Waals surface area contributed by atoms with Crippen LogP contribution < -0.4 is 15.6 Å². The van der Waals surface area contributed by atoms with Crippen LogP contribution in [-0.4, -0.2) is 47.5 Å². The van der Waals surface area contributed by atoms with Gasteiger partial charge in [0.25, 0.3) is 0 Å². The molecule has 30 heavy (non-hydrogen) atoms. The number of morpholine rings is 1. The van der Waals surface area contributed by atoms with Crippen LogP contribution in [0.4, 0.5) is 23.5 Å². The van der Waals surface area contributed by atoms with Gasteiger partial charge in [-0.3, -0.25) is 0 Å². The van der Waals surface area contributed by atoms with Crippen molar-refractivity contribution in [3.05, 3.63) is 63.6 Å². The van der Waals surface area contributed by atoms with E-state index < -0.39 is 0 Å². The smallest absolute Gasteiger partial charge is 0.250 e. The Kier molecular flexibility index (Phi) is 6.73. The van der Waals surface area contributed by atoms with Crippen LogP contribution in [0.3, 0.4) is 0 Å². The molecule has 2 aromatic carbocycles. The maximum atomic E-state index is 6.17. The number of benzene rings is 2. The Balaban J connectivity index is 1.58. The molecule has 4 rings (SSSR count). The molecule has 154 valence electrons. The van der Waals surface area contributed by atoms with E-state index in [1.807, 2.05) is 48.5 Å². The maximum Gasteiger partial charge on any atom is 0.250 e. The van der Waals surface area contributed by atoms with E-state index in [2.05, 4.69) is 51.6 Å². The third kappa shape index (κ3) is 5.44. The van der Waals surface area contributed by atoms with E-state index in [1.165, 1.54) is 0 Å². The van der Waals surface area contributed by atoms with Crippen molar-refractivity contribution >= 4 is 57.3 Å². The van der Waals surface area contributed by atoms with Gasteiger partial charge in [-0.05, 0) is 24.3 Å². The molecule has 1 saturated heterocycles. The molecule has 8 nitrogen and oxygen atoms in total. The van der Waals surface area contributed by atoms with Crippen LogP contribution in [0.2, 0.25) is 5.02 Å². The zero-order chi connectivity index (χ0) is 20.8. The normalized spacial score (nSPS) is 14.1. The zero-order valence-corrected chi connectivity index (χ0v) is 18.3. The second-order valence-corrected chi connectivity index (χ2v) is 7.73. The van der Waals surface area contributed by atoms with Crippen LogP contribution in [0, 0.1) is 0 Å². The molecule has 2 N–H and O–H groups in total. The molecule has 0 aliphatic carbocycles. The fourth-order valence-electron chi connectivity index (χ4n) is 2.81. The zero-order valence-electron chi connectivity index (χ0n) is 15.9. The van der Waals surface area contributed by atoms with Crippen LogP contribution >= 0.6 is 27.5 Å². The van der Waals surface area contributed by atoms with Gasteiger partial charge in [0, 0.05) is 33.8 Å². The number of halogens is 2. The Hall–Kier alpha value is -2.75. The second-order valence-electron chi connectivity index (χ2n) is 6.41. The second kappa shape index (κ2) is 9.84. The summed E-state index contributed by atoms with van der Waals surface area (Å²) >= 11 is 9.64. The lowest BCUT2D eigenvalue weighted by atomic mass is 10.2. The summed E-state index contributed by atoms with van der Waals surface area (Å²) in [6.45, 7) is 2.69. The van der Waals surface area contributed by atoms with Crippen molar-refractivity contribution in [3.63, 3.8) is 0 Å². The summed E-state index contributed by atoms with van der Waals surface area (Å²) in [5.41, 5.74) is 4.53. The molecule has 0 radical (unpaired) electrons. The van der Waals surface area contributed by atoms with Crippen LogP contribution in [-0.2, 0) is 4.74 Å². The van der Waals surface area contributed by atoms with Gasteiger partial charge in [-0.15, -0.1) is 0 Å². The fraction of sp³-hybridized carbons (Fsp3) is 0.200. The van der Waals surface area contributed by atoms with Crippen molar-refractivity contribution in [1.82, 2.24) is 15.0 Å². The Morgan fingerprint density at radius 2 is 1.83 bits per heavy atom. The van der Waals surface area contributed by atoms with Gasteiger partial charge in [0.05, 0.1) is 19.4 Å². The number of aromatic nitrogens is 3. The molecule has 3 aromatic rings. The van der Waals surface area contributed by atoms with E-state index in [-0.39, 0.29) is 0 Å². The monoisotopic (exact) mass is 487 g/mol. The molecule has 0 amide bonds. The van der Waals surface area contributed by atoms with Crippen molar-refractivity contribution < 1.29 is 4.74 Å². The lowest BCUT2D eigenvalue weighted by molar-refractivity contribution is 0.122. The summed E-state index contributed by atoms with van der Waals surface area (Å²) in [5.74, 6) is 1.30. The van der Waals surface area contributed by atoms with E-state index >= 15 is 0 Å². The standard InChI is InChI=1S/C20H19BrClN7O/c21-15-5-3-6-16(12-15)24-18-25-19(27-20(26-18)29-8-10-30-11-9-29)28-23-13-14-4-1-2-7-17(14)22/h1-7,12-13H,8-11H2,(H2,24,25,26,27,28).